The fourth-order valence-electron chi connectivity index (χ4n) is 4.85. The normalized spacial score (nSPS) is 11.1. The number of aromatic nitrogens is 2. The summed E-state index contributed by atoms with van der Waals surface area (Å²) in [5.74, 6) is 1.51. The van der Waals surface area contributed by atoms with Crippen LogP contribution in [0.25, 0.3) is 44.9 Å². The van der Waals surface area contributed by atoms with E-state index in [1.165, 1.54) is 10.8 Å². The predicted octanol–water partition coefficient (Wildman–Crippen LogP) is 9.25. The number of hydrogen-bond donors (Lipinski definition) is 0. The molecule has 3 aromatic heterocycles. The van der Waals surface area contributed by atoms with Gasteiger partial charge in [-0.15, -0.1) is 71.8 Å². The summed E-state index contributed by atoms with van der Waals surface area (Å²) in [6, 6.07) is 40.7. The van der Waals surface area contributed by atoms with Crippen molar-refractivity contribution in [1.82, 2.24) is 9.97 Å². The standard InChI is InChI=1S/C19H12NO.C18H24NSi.Ir/c1-3-7-14(8-4-1)17-12-11-16-13-18(21-19(16)20-17)15-9-5-2-6-10-15;1-14(2)11-16-12-17(15-9-7-6-8-10-15)19-13-18(16)20(3,4)5;/h1-7,9-13H;6-9,12-14H,11H2,1-5H3;/q2*-1;. The maximum Gasteiger partial charge on any atom is 0.217 e. The molecule has 0 atom stereocenters. The van der Waals surface area contributed by atoms with Crippen LogP contribution >= 0.6 is 0 Å². The van der Waals surface area contributed by atoms with Gasteiger partial charge in [-0.2, -0.15) is 0 Å². The van der Waals surface area contributed by atoms with Gasteiger partial charge in [0.25, 0.3) is 0 Å². The summed E-state index contributed by atoms with van der Waals surface area (Å²) in [7, 11) is -1.34. The van der Waals surface area contributed by atoms with Crippen molar-refractivity contribution in [2.24, 2.45) is 5.92 Å². The van der Waals surface area contributed by atoms with Crippen molar-refractivity contribution in [3.05, 3.63) is 127 Å². The molecule has 0 fully saturated rings. The van der Waals surface area contributed by atoms with Gasteiger partial charge in [0.2, 0.25) is 5.71 Å². The van der Waals surface area contributed by atoms with Gasteiger partial charge in [-0.1, -0.05) is 87.6 Å². The maximum atomic E-state index is 5.89. The molecule has 6 rings (SSSR count). The van der Waals surface area contributed by atoms with E-state index in [0.717, 1.165) is 45.6 Å². The Labute approximate surface area is 264 Å². The second-order valence-corrected chi connectivity index (χ2v) is 16.7. The molecule has 215 valence electrons. The Hall–Kier alpha value is -3.63. The number of rotatable bonds is 6. The first-order valence-corrected chi connectivity index (χ1v) is 17.7. The van der Waals surface area contributed by atoms with E-state index < -0.39 is 8.07 Å². The molecule has 0 bridgehead atoms. The van der Waals surface area contributed by atoms with Crippen LogP contribution in [0.3, 0.4) is 0 Å². The van der Waals surface area contributed by atoms with Crippen molar-refractivity contribution in [2.75, 3.05) is 0 Å². The van der Waals surface area contributed by atoms with Crippen LogP contribution in [-0.4, -0.2) is 18.0 Å². The average molecular weight is 745 g/mol. The first kappa shape index (κ1) is 31.3. The minimum Gasteiger partial charge on any atom is -0.439 e. The summed E-state index contributed by atoms with van der Waals surface area (Å²) in [4.78, 5) is 9.28. The Bertz CT molecular complexity index is 1670. The van der Waals surface area contributed by atoms with Gasteiger partial charge in [0.05, 0.1) is 8.07 Å². The van der Waals surface area contributed by atoms with E-state index in [0.29, 0.717) is 11.6 Å². The van der Waals surface area contributed by atoms with Crippen LogP contribution in [0, 0.1) is 18.1 Å². The largest absolute Gasteiger partial charge is 0.439 e. The van der Waals surface area contributed by atoms with Crippen molar-refractivity contribution in [3.63, 3.8) is 0 Å². The second kappa shape index (κ2) is 14.0. The van der Waals surface area contributed by atoms with E-state index in [9.17, 15) is 0 Å². The predicted molar refractivity (Wildman–Crippen MR) is 174 cm³/mol. The van der Waals surface area contributed by atoms with Crippen molar-refractivity contribution >= 4 is 24.4 Å². The Morgan fingerprint density at radius 3 is 2.00 bits per heavy atom. The number of furan rings is 1. The molecule has 0 aliphatic carbocycles. The smallest absolute Gasteiger partial charge is 0.217 e. The van der Waals surface area contributed by atoms with Gasteiger partial charge in [-0.25, -0.2) is 0 Å². The first-order valence-electron chi connectivity index (χ1n) is 14.2. The summed E-state index contributed by atoms with van der Waals surface area (Å²) < 4.78 is 5.89. The van der Waals surface area contributed by atoms with Crippen molar-refractivity contribution in [2.45, 2.75) is 39.9 Å². The van der Waals surface area contributed by atoms with E-state index in [-0.39, 0.29) is 20.1 Å². The van der Waals surface area contributed by atoms with Gasteiger partial charge < -0.3 is 9.40 Å². The van der Waals surface area contributed by atoms with E-state index in [4.69, 9.17) is 4.42 Å². The quantitative estimate of drug-likeness (QED) is 0.126. The van der Waals surface area contributed by atoms with Crippen LogP contribution in [0.1, 0.15) is 19.4 Å². The number of fused-ring (bicyclic) bond motifs is 1. The van der Waals surface area contributed by atoms with Crippen LogP contribution in [0.2, 0.25) is 19.6 Å². The Kier molecular flexibility index (Phi) is 10.5. The molecule has 0 unspecified atom stereocenters. The molecule has 5 heteroatoms. The minimum atomic E-state index is -1.34. The monoisotopic (exact) mass is 745 g/mol. The van der Waals surface area contributed by atoms with Crippen LogP contribution in [0.15, 0.2) is 114 Å². The third kappa shape index (κ3) is 7.80. The summed E-state index contributed by atoms with van der Waals surface area (Å²) in [5, 5.41) is 2.50. The molecule has 0 spiro atoms. The summed E-state index contributed by atoms with van der Waals surface area (Å²) in [5.41, 5.74) is 7.16. The van der Waals surface area contributed by atoms with Gasteiger partial charge in [0.1, 0.15) is 5.76 Å². The zero-order valence-electron chi connectivity index (χ0n) is 24.8. The fourth-order valence-corrected chi connectivity index (χ4v) is 6.44. The Morgan fingerprint density at radius 2 is 1.40 bits per heavy atom. The summed E-state index contributed by atoms with van der Waals surface area (Å²) >= 11 is 0. The SMILES string of the molecule is CC(C)Cc1cc(-c2[c-]cccc2)ncc1[Si](C)(C)C.[Ir].[c-]1ccccc1-c1ccc2cc(-c3ccccc3)oc2n1. The summed E-state index contributed by atoms with van der Waals surface area (Å²) in [6.07, 6.45) is 3.24. The zero-order valence-corrected chi connectivity index (χ0v) is 28.2. The molecule has 1 radical (unpaired) electrons. The van der Waals surface area contributed by atoms with E-state index in [2.05, 4.69) is 73.9 Å². The van der Waals surface area contributed by atoms with Crippen molar-refractivity contribution < 1.29 is 24.5 Å². The maximum absolute atomic E-state index is 5.89. The fraction of sp³-hybridized carbons (Fsp3) is 0.189. The molecule has 0 saturated carbocycles. The molecule has 0 aliphatic rings. The molecular weight excluding hydrogens is 709 g/mol. The Morgan fingerprint density at radius 1 is 0.762 bits per heavy atom. The summed E-state index contributed by atoms with van der Waals surface area (Å²) in [6.45, 7) is 11.7. The topological polar surface area (TPSA) is 38.9 Å². The molecule has 3 heterocycles. The van der Waals surface area contributed by atoms with Crippen molar-refractivity contribution in [1.29, 1.82) is 0 Å². The molecule has 0 N–H and O–H groups in total. The van der Waals surface area contributed by atoms with E-state index in [1.54, 1.807) is 0 Å². The third-order valence-electron chi connectivity index (χ3n) is 6.84. The van der Waals surface area contributed by atoms with Crippen LogP contribution in [0.4, 0.5) is 0 Å². The second-order valence-electron chi connectivity index (χ2n) is 11.7. The number of benzene rings is 3. The van der Waals surface area contributed by atoms with Crippen LogP contribution < -0.4 is 5.19 Å². The van der Waals surface area contributed by atoms with Gasteiger partial charge in [-0.05, 0) is 35.0 Å². The van der Waals surface area contributed by atoms with Gasteiger partial charge >= 0.3 is 0 Å². The number of nitrogens with zero attached hydrogens (tertiary/aromatic N) is 2. The molecule has 42 heavy (non-hydrogen) atoms. The van der Waals surface area contributed by atoms with E-state index >= 15 is 0 Å². The molecule has 0 aliphatic heterocycles. The van der Waals surface area contributed by atoms with Crippen LogP contribution in [0.5, 0.6) is 0 Å². The van der Waals surface area contributed by atoms with Crippen LogP contribution in [-0.2, 0) is 26.5 Å². The number of hydrogen-bond acceptors (Lipinski definition) is 3. The van der Waals surface area contributed by atoms with Gasteiger partial charge in [0, 0.05) is 37.3 Å². The van der Waals surface area contributed by atoms with Crippen molar-refractivity contribution in [3.8, 4) is 33.8 Å². The molecule has 6 aromatic rings. The van der Waals surface area contributed by atoms with Gasteiger partial charge in [-0.3, -0.25) is 4.98 Å². The Balaban J connectivity index is 0.000000189. The molecule has 3 aromatic carbocycles. The van der Waals surface area contributed by atoms with E-state index in [1.807, 2.05) is 91.0 Å². The first-order chi connectivity index (χ1) is 19.8. The zero-order chi connectivity index (χ0) is 28.8. The minimum absolute atomic E-state index is 0. The molecular formula is C37H36IrN2OSi-2. The number of pyridine rings is 2. The third-order valence-corrected chi connectivity index (χ3v) is 8.90. The molecule has 0 amide bonds. The van der Waals surface area contributed by atoms with Gasteiger partial charge in [0.15, 0.2) is 0 Å². The average Bonchev–Trinajstić information content (AvgIpc) is 3.42. The molecule has 0 saturated heterocycles. The molecule has 3 nitrogen and oxygen atoms in total.